The number of anilines is 2. The summed E-state index contributed by atoms with van der Waals surface area (Å²) >= 11 is 2.82. The Morgan fingerprint density at radius 1 is 1.13 bits per heavy atom. The molecule has 38 heavy (non-hydrogen) atoms. The van der Waals surface area contributed by atoms with Gasteiger partial charge < -0.3 is 15.3 Å². The van der Waals surface area contributed by atoms with Gasteiger partial charge >= 0.3 is 12.0 Å². The highest BCUT2D eigenvalue weighted by atomic mass is 32.1. The van der Waals surface area contributed by atoms with Gasteiger partial charge in [0.1, 0.15) is 0 Å². The van der Waals surface area contributed by atoms with E-state index < -0.39 is 11.4 Å². The van der Waals surface area contributed by atoms with Crippen molar-refractivity contribution in [2.75, 3.05) is 29.9 Å². The zero-order valence-corrected chi connectivity index (χ0v) is 22.4. The normalized spacial score (nSPS) is 14.5. The summed E-state index contributed by atoms with van der Waals surface area (Å²) in [6.45, 7) is 5.33. The Bertz CT molecular complexity index is 1530. The molecule has 0 atom stereocenters. The van der Waals surface area contributed by atoms with Crippen molar-refractivity contribution in [3.05, 3.63) is 46.7 Å². The van der Waals surface area contributed by atoms with Crippen LogP contribution in [0.1, 0.15) is 37.3 Å². The summed E-state index contributed by atoms with van der Waals surface area (Å²) < 4.78 is 0.858. The minimum absolute atomic E-state index is 0.312. The van der Waals surface area contributed by atoms with Gasteiger partial charge in [0.15, 0.2) is 10.1 Å². The lowest BCUT2D eigenvalue weighted by atomic mass is 9.80. The van der Waals surface area contributed by atoms with Crippen LogP contribution in [0, 0.1) is 17.3 Å². The predicted molar refractivity (Wildman–Crippen MR) is 149 cm³/mol. The first kappa shape index (κ1) is 25.6. The van der Waals surface area contributed by atoms with Crippen LogP contribution in [-0.2, 0) is 4.79 Å². The van der Waals surface area contributed by atoms with Crippen LogP contribution in [0.4, 0.5) is 15.9 Å². The average molecular weight is 548 g/mol. The first-order chi connectivity index (χ1) is 18.3. The second kappa shape index (κ2) is 10.7. The third-order valence-electron chi connectivity index (χ3n) is 6.42. The van der Waals surface area contributed by atoms with E-state index in [0.29, 0.717) is 54.1 Å². The Balaban J connectivity index is 1.45. The number of benzene rings is 1. The Hall–Kier alpha value is -4.08. The number of aromatic nitrogens is 4. The highest BCUT2D eigenvalue weighted by Gasteiger charge is 2.37. The molecular weight excluding hydrogens is 522 g/mol. The zero-order valence-electron chi connectivity index (χ0n) is 20.8. The van der Waals surface area contributed by atoms with Gasteiger partial charge in [-0.3, -0.25) is 10.1 Å². The molecule has 0 spiro atoms. The number of nitrogens with zero attached hydrogens (tertiary/aromatic N) is 5. The van der Waals surface area contributed by atoms with Crippen LogP contribution in [0.2, 0.25) is 0 Å². The number of carbonyl (C=O) groups is 2. The second-order valence-corrected chi connectivity index (χ2v) is 11.0. The largest absolute Gasteiger partial charge is 0.481 e. The van der Waals surface area contributed by atoms with E-state index in [1.807, 2.05) is 29.3 Å². The highest BCUT2D eigenvalue weighted by Crippen LogP contribution is 2.35. The molecule has 1 aliphatic rings. The van der Waals surface area contributed by atoms with Gasteiger partial charge in [0.25, 0.3) is 0 Å². The lowest BCUT2D eigenvalue weighted by Gasteiger charge is -2.36. The van der Waals surface area contributed by atoms with Gasteiger partial charge in [-0.1, -0.05) is 17.3 Å². The quantitative estimate of drug-likeness (QED) is 0.312. The number of urea groups is 1. The Kier molecular flexibility index (Phi) is 7.22. The summed E-state index contributed by atoms with van der Waals surface area (Å²) in [5.74, 6) is 6.14. The maximum Gasteiger partial charge on any atom is 0.321 e. The molecule has 4 heterocycles. The summed E-state index contributed by atoms with van der Waals surface area (Å²) in [4.78, 5) is 43.6. The van der Waals surface area contributed by atoms with Crippen LogP contribution in [0.5, 0.6) is 0 Å². The molecule has 0 saturated carbocycles. The molecule has 10 nitrogen and oxygen atoms in total. The third-order valence-corrected chi connectivity index (χ3v) is 8.13. The Morgan fingerprint density at radius 3 is 2.55 bits per heavy atom. The number of piperidine rings is 1. The van der Waals surface area contributed by atoms with Crippen LogP contribution in [-0.4, -0.2) is 56.7 Å². The molecule has 0 radical (unpaired) electrons. The molecule has 194 valence electrons. The molecule has 2 amide bonds. The fourth-order valence-corrected chi connectivity index (χ4v) is 5.49. The molecule has 4 aromatic rings. The topological polar surface area (TPSA) is 133 Å². The maximum absolute atomic E-state index is 12.0. The van der Waals surface area contributed by atoms with Gasteiger partial charge in [-0.25, -0.2) is 24.7 Å². The van der Waals surface area contributed by atoms with Gasteiger partial charge in [-0.2, -0.15) is 0 Å². The van der Waals surface area contributed by atoms with Crippen molar-refractivity contribution in [3.63, 3.8) is 0 Å². The molecule has 12 heteroatoms. The minimum atomic E-state index is -0.760. The van der Waals surface area contributed by atoms with E-state index in [-0.39, 0.29) is 6.03 Å². The number of nitrogens with one attached hydrogen (secondary N) is 2. The summed E-state index contributed by atoms with van der Waals surface area (Å²) in [5.41, 5.74) is 2.41. The number of hydrogen-bond donors (Lipinski definition) is 3. The van der Waals surface area contributed by atoms with Crippen LogP contribution >= 0.6 is 22.7 Å². The van der Waals surface area contributed by atoms with Crippen molar-refractivity contribution >= 4 is 56.0 Å². The number of rotatable bonds is 5. The smallest absolute Gasteiger partial charge is 0.321 e. The molecule has 0 bridgehead atoms. The first-order valence-corrected chi connectivity index (χ1v) is 13.8. The minimum Gasteiger partial charge on any atom is -0.481 e. The van der Waals surface area contributed by atoms with Crippen LogP contribution in [0.25, 0.3) is 21.3 Å². The SMILES string of the molecule is CCNC(=O)Nc1nc2cc(-c3cnc(N4CCC(C)(C(=O)O)CC4)nc3)cc(C#Cc3nccs3)c2s1. The fourth-order valence-electron chi connectivity index (χ4n) is 4.10. The van der Waals surface area contributed by atoms with Gasteiger partial charge in [0, 0.05) is 54.7 Å². The van der Waals surface area contributed by atoms with E-state index in [2.05, 4.69) is 42.4 Å². The molecule has 0 unspecified atom stereocenters. The van der Waals surface area contributed by atoms with E-state index in [1.165, 1.54) is 22.7 Å². The standard InChI is InChI=1S/C26H25N7O3S2/c1-3-27-24(36)32-25-31-19-13-17(12-16(21(19)38-25)4-5-20-28-8-11-37-20)18-14-29-23(30-15-18)33-9-6-26(2,7-10-33)22(34)35/h8,11-15H,3,6-7,9-10H2,1-2H3,(H,34,35)(H2,27,31,32,36). The third kappa shape index (κ3) is 5.44. The molecule has 1 aromatic carbocycles. The monoisotopic (exact) mass is 547 g/mol. The van der Waals surface area contributed by atoms with E-state index in [0.717, 1.165) is 21.4 Å². The number of carbonyl (C=O) groups excluding carboxylic acids is 1. The summed E-state index contributed by atoms with van der Waals surface area (Å²) in [7, 11) is 0. The van der Waals surface area contributed by atoms with Crippen LogP contribution < -0.4 is 15.5 Å². The number of carboxylic acid groups (broad SMARTS) is 1. The lowest BCUT2D eigenvalue weighted by Crippen LogP contribution is -2.43. The first-order valence-electron chi connectivity index (χ1n) is 12.1. The highest BCUT2D eigenvalue weighted by molar-refractivity contribution is 7.22. The average Bonchev–Trinajstić information content (AvgIpc) is 3.57. The summed E-state index contributed by atoms with van der Waals surface area (Å²) in [6.07, 6.45) is 6.31. The van der Waals surface area contributed by atoms with Crippen molar-refractivity contribution < 1.29 is 14.7 Å². The zero-order chi connectivity index (χ0) is 26.7. The van der Waals surface area contributed by atoms with Crippen molar-refractivity contribution in [3.8, 4) is 23.0 Å². The number of fused-ring (bicyclic) bond motifs is 1. The van der Waals surface area contributed by atoms with Gasteiger partial charge in [0.2, 0.25) is 5.95 Å². The van der Waals surface area contributed by atoms with Gasteiger partial charge in [0.05, 0.1) is 15.6 Å². The molecule has 3 N–H and O–H groups in total. The molecule has 1 fully saturated rings. The number of hydrogen-bond acceptors (Lipinski definition) is 9. The predicted octanol–water partition coefficient (Wildman–Crippen LogP) is 4.44. The Morgan fingerprint density at radius 2 is 1.89 bits per heavy atom. The molecule has 3 aromatic heterocycles. The van der Waals surface area contributed by atoms with Crippen molar-refractivity contribution in [1.29, 1.82) is 0 Å². The van der Waals surface area contributed by atoms with Crippen molar-refractivity contribution in [2.45, 2.75) is 26.7 Å². The number of aliphatic carboxylic acids is 1. The fraction of sp³-hybridized carbons (Fsp3) is 0.308. The second-order valence-electron chi connectivity index (χ2n) is 9.09. The van der Waals surface area contributed by atoms with Crippen molar-refractivity contribution in [1.82, 2.24) is 25.3 Å². The van der Waals surface area contributed by atoms with Gasteiger partial charge in [-0.15, -0.1) is 11.3 Å². The van der Waals surface area contributed by atoms with E-state index in [1.54, 1.807) is 25.5 Å². The Labute approximate surface area is 227 Å². The number of amides is 2. The molecule has 1 aliphatic heterocycles. The van der Waals surface area contributed by atoms with E-state index in [4.69, 9.17) is 0 Å². The lowest BCUT2D eigenvalue weighted by molar-refractivity contribution is -0.149. The maximum atomic E-state index is 12.0. The molecule has 5 rings (SSSR count). The van der Waals surface area contributed by atoms with Crippen molar-refractivity contribution in [2.24, 2.45) is 5.41 Å². The van der Waals surface area contributed by atoms with Gasteiger partial charge in [-0.05, 0) is 50.3 Å². The van der Waals surface area contributed by atoms with E-state index >= 15 is 0 Å². The summed E-state index contributed by atoms with van der Waals surface area (Å²) in [6, 6.07) is 3.59. The molecule has 0 aliphatic carbocycles. The van der Waals surface area contributed by atoms with Crippen LogP contribution in [0.3, 0.4) is 0 Å². The summed E-state index contributed by atoms with van der Waals surface area (Å²) in [5, 5.41) is 18.0. The number of thiazole rings is 2. The van der Waals surface area contributed by atoms with E-state index in [9.17, 15) is 14.7 Å². The molecular formula is C26H25N7O3S2. The number of carboxylic acids is 1. The van der Waals surface area contributed by atoms with Crippen LogP contribution in [0.15, 0.2) is 36.1 Å². The molecule has 1 saturated heterocycles.